The van der Waals surface area contributed by atoms with Crippen molar-refractivity contribution in [2.75, 3.05) is 0 Å². The Morgan fingerprint density at radius 1 is 0.500 bits per heavy atom. The number of hydrogen-bond acceptors (Lipinski definition) is 0. The minimum Gasteiger partial charge on any atom is -0.0903 e. The van der Waals surface area contributed by atoms with E-state index in [1.165, 1.54) is 96.3 Å². The number of allylic oxidation sites excluding steroid dienone is 6. The molecule has 3 saturated carbocycles. The molecule has 0 radical (unpaired) electrons. The van der Waals surface area contributed by atoms with Crippen molar-refractivity contribution in [3.05, 3.63) is 47.9 Å². The average molecular weight is 397 g/mol. The Kier molecular flexibility index (Phi) is 9.38. The highest BCUT2D eigenvalue weighted by Crippen LogP contribution is 2.38. The summed E-state index contributed by atoms with van der Waals surface area (Å²) in [6.45, 7) is 2.61. The predicted octanol–water partition coefficient (Wildman–Crippen LogP) is 8.86. The highest BCUT2D eigenvalue weighted by atomic mass is 28.3. The monoisotopic (exact) mass is 396 g/mol. The third kappa shape index (κ3) is 7.21. The fourth-order valence-electron chi connectivity index (χ4n) is 5.67. The van der Waals surface area contributed by atoms with Gasteiger partial charge in [-0.1, -0.05) is 125 Å². The molecule has 0 spiro atoms. The maximum atomic E-state index is 2.65. The van der Waals surface area contributed by atoms with Gasteiger partial charge < -0.3 is 0 Å². The lowest BCUT2D eigenvalue weighted by Crippen LogP contribution is -2.33. The fourth-order valence-corrected chi connectivity index (χ4v) is 9.03. The Labute approximate surface area is 176 Å². The summed E-state index contributed by atoms with van der Waals surface area (Å²) in [6, 6.07) is 0. The van der Waals surface area contributed by atoms with Crippen LogP contribution in [0.15, 0.2) is 47.9 Å². The van der Waals surface area contributed by atoms with E-state index < -0.39 is 8.07 Å². The van der Waals surface area contributed by atoms with Gasteiger partial charge in [-0.3, -0.25) is 0 Å². The second-order valence-corrected chi connectivity index (χ2v) is 14.2. The van der Waals surface area contributed by atoms with Crippen LogP contribution in [0.1, 0.15) is 96.3 Å². The van der Waals surface area contributed by atoms with E-state index in [-0.39, 0.29) is 0 Å². The van der Waals surface area contributed by atoms with Gasteiger partial charge in [0.1, 0.15) is 8.07 Å². The van der Waals surface area contributed by atoms with Gasteiger partial charge in [0.2, 0.25) is 0 Å². The molecule has 0 amide bonds. The van der Waals surface area contributed by atoms with Crippen molar-refractivity contribution >= 4 is 8.07 Å². The van der Waals surface area contributed by atoms with Crippen LogP contribution in [0.5, 0.6) is 0 Å². The molecule has 0 unspecified atom stereocenters. The first-order valence-electron chi connectivity index (χ1n) is 12.5. The molecule has 156 valence electrons. The molecule has 3 fully saturated rings. The van der Waals surface area contributed by atoms with E-state index in [0.29, 0.717) is 0 Å². The van der Waals surface area contributed by atoms with E-state index in [1.807, 2.05) is 0 Å². The topological polar surface area (TPSA) is 0 Å². The number of hydrogen-bond donors (Lipinski definition) is 0. The average Bonchev–Trinajstić information content (AvgIpc) is 2.76. The zero-order valence-corrected chi connectivity index (χ0v) is 19.5. The molecular weight excluding hydrogens is 352 g/mol. The molecule has 1 heteroatoms. The molecule has 0 aromatic rings. The van der Waals surface area contributed by atoms with E-state index in [1.54, 1.807) is 0 Å². The number of rotatable bonds is 7. The van der Waals surface area contributed by atoms with Gasteiger partial charge in [0.15, 0.2) is 0 Å². The highest BCUT2D eigenvalue weighted by molar-refractivity contribution is 6.89. The summed E-state index contributed by atoms with van der Waals surface area (Å²) in [7, 11) is -1.49. The van der Waals surface area contributed by atoms with Crippen LogP contribution in [-0.2, 0) is 0 Å². The van der Waals surface area contributed by atoms with E-state index in [0.717, 1.165) is 17.4 Å². The quantitative estimate of drug-likeness (QED) is 0.298. The van der Waals surface area contributed by atoms with Gasteiger partial charge in [-0.05, 0) is 43.1 Å². The van der Waals surface area contributed by atoms with Crippen LogP contribution in [0.25, 0.3) is 0 Å². The van der Waals surface area contributed by atoms with Crippen LogP contribution in [0.4, 0.5) is 0 Å². The summed E-state index contributed by atoms with van der Waals surface area (Å²) in [5.74, 6) is 1.69. The van der Waals surface area contributed by atoms with Crippen molar-refractivity contribution in [1.29, 1.82) is 0 Å². The van der Waals surface area contributed by atoms with Crippen LogP contribution >= 0.6 is 0 Å². The summed E-state index contributed by atoms with van der Waals surface area (Å²) in [6.07, 6.45) is 36.1. The minimum absolute atomic E-state index is 0.843. The molecule has 0 aromatic heterocycles. The molecular formula is C27H44Si. The van der Waals surface area contributed by atoms with Crippen LogP contribution in [0, 0.1) is 11.8 Å². The molecule has 0 nitrogen and oxygen atoms in total. The Morgan fingerprint density at radius 3 is 1.32 bits per heavy atom. The Morgan fingerprint density at radius 2 is 0.893 bits per heavy atom. The summed E-state index contributed by atoms with van der Waals surface area (Å²) < 4.78 is 0. The SMILES string of the molecule is C[Si](C=CC=CC1CCCCC1)(C=CC=CC1CCCCC1)C1CCCCC1. The van der Waals surface area contributed by atoms with Crippen molar-refractivity contribution < 1.29 is 0 Å². The van der Waals surface area contributed by atoms with Crippen molar-refractivity contribution in [2.24, 2.45) is 11.8 Å². The highest BCUT2D eigenvalue weighted by Gasteiger charge is 2.32. The molecule has 3 aliphatic rings. The molecule has 0 aromatic carbocycles. The third-order valence-electron chi connectivity index (χ3n) is 7.68. The molecule has 3 rings (SSSR count). The molecule has 0 aliphatic heterocycles. The Bertz CT molecular complexity index is 497. The second-order valence-electron chi connectivity index (χ2n) is 9.99. The van der Waals surface area contributed by atoms with Crippen LogP contribution in [-0.4, -0.2) is 8.07 Å². The smallest absolute Gasteiger partial charge is 0.0903 e. The molecule has 3 aliphatic carbocycles. The maximum absolute atomic E-state index is 2.65. The lowest BCUT2D eigenvalue weighted by atomic mass is 9.89. The van der Waals surface area contributed by atoms with Crippen molar-refractivity contribution in [3.63, 3.8) is 0 Å². The standard InChI is InChI=1S/C27H44Si/c1-28(27-21-9-4-10-22-27,23-13-11-19-25-15-5-2-6-16-25)24-14-12-20-26-17-7-3-8-18-26/h11-14,19-20,23-27H,2-10,15-18,21-22H2,1H3. The van der Waals surface area contributed by atoms with E-state index in [4.69, 9.17) is 0 Å². The van der Waals surface area contributed by atoms with Crippen molar-refractivity contribution in [2.45, 2.75) is 108 Å². The first kappa shape index (κ1) is 21.9. The van der Waals surface area contributed by atoms with Crippen LogP contribution in [0.2, 0.25) is 12.1 Å². The second kappa shape index (κ2) is 12.0. The van der Waals surface area contributed by atoms with Crippen LogP contribution in [0.3, 0.4) is 0 Å². The zero-order valence-electron chi connectivity index (χ0n) is 18.5. The maximum Gasteiger partial charge on any atom is 0.102 e. The molecule has 0 bridgehead atoms. The summed E-state index contributed by atoms with van der Waals surface area (Å²) in [5, 5.41) is 0. The predicted molar refractivity (Wildman–Crippen MR) is 128 cm³/mol. The van der Waals surface area contributed by atoms with Gasteiger partial charge in [0.25, 0.3) is 0 Å². The Hall–Kier alpha value is -0.823. The van der Waals surface area contributed by atoms with E-state index in [9.17, 15) is 0 Å². The van der Waals surface area contributed by atoms with Gasteiger partial charge in [0.05, 0.1) is 0 Å². The van der Waals surface area contributed by atoms with Gasteiger partial charge in [-0.2, -0.15) is 0 Å². The van der Waals surface area contributed by atoms with E-state index >= 15 is 0 Å². The lowest BCUT2D eigenvalue weighted by Gasteiger charge is -2.33. The zero-order chi connectivity index (χ0) is 19.5. The Balaban J connectivity index is 1.60. The van der Waals surface area contributed by atoms with Gasteiger partial charge >= 0.3 is 0 Å². The summed E-state index contributed by atoms with van der Waals surface area (Å²) in [5.41, 5.74) is 6.24. The lowest BCUT2D eigenvalue weighted by molar-refractivity contribution is 0.419. The molecule has 0 N–H and O–H groups in total. The van der Waals surface area contributed by atoms with Crippen LogP contribution < -0.4 is 0 Å². The molecule has 0 heterocycles. The first-order valence-corrected chi connectivity index (χ1v) is 15.2. The fraction of sp³-hybridized carbons (Fsp3) is 0.704. The largest absolute Gasteiger partial charge is 0.102 e. The summed E-state index contributed by atoms with van der Waals surface area (Å²) in [4.78, 5) is 0. The normalized spacial score (nSPS) is 26.8. The summed E-state index contributed by atoms with van der Waals surface area (Å²) >= 11 is 0. The van der Waals surface area contributed by atoms with E-state index in [2.05, 4.69) is 54.4 Å². The van der Waals surface area contributed by atoms with Gasteiger partial charge in [-0.25, -0.2) is 0 Å². The molecule has 28 heavy (non-hydrogen) atoms. The van der Waals surface area contributed by atoms with Crippen molar-refractivity contribution in [3.8, 4) is 0 Å². The first-order chi connectivity index (χ1) is 13.8. The van der Waals surface area contributed by atoms with Gasteiger partial charge in [0, 0.05) is 0 Å². The van der Waals surface area contributed by atoms with Gasteiger partial charge in [-0.15, -0.1) is 0 Å². The third-order valence-corrected chi connectivity index (χ3v) is 11.8. The molecule has 0 saturated heterocycles. The molecule has 0 atom stereocenters. The van der Waals surface area contributed by atoms with Crippen molar-refractivity contribution in [1.82, 2.24) is 0 Å². The minimum atomic E-state index is -1.49.